The number of hydrogen-bond donors (Lipinski definition) is 0. The van der Waals surface area contributed by atoms with E-state index in [2.05, 4.69) is 15.9 Å². The quantitative estimate of drug-likeness (QED) is 0.616. The smallest absolute Gasteiger partial charge is 0.123 e. The van der Waals surface area contributed by atoms with Crippen LogP contribution in [0.4, 0.5) is 4.39 Å². The molecule has 0 aliphatic heterocycles. The van der Waals surface area contributed by atoms with E-state index in [9.17, 15) is 4.39 Å². The second-order valence-electron chi connectivity index (χ2n) is 6.73. The van der Waals surface area contributed by atoms with Crippen LogP contribution in [0.15, 0.2) is 24.3 Å². The normalized spacial score (nSPS) is 31.6. The van der Waals surface area contributed by atoms with Crippen molar-refractivity contribution in [3.05, 3.63) is 35.6 Å². The number of hydrogen-bond acceptors (Lipinski definition) is 0. The first-order valence-electron chi connectivity index (χ1n) is 8.11. The van der Waals surface area contributed by atoms with Crippen LogP contribution >= 0.6 is 15.9 Å². The molecule has 0 bridgehead atoms. The zero-order chi connectivity index (χ0) is 13.9. The van der Waals surface area contributed by atoms with Crippen molar-refractivity contribution in [3.8, 4) is 0 Å². The van der Waals surface area contributed by atoms with Crippen LogP contribution in [-0.2, 0) is 6.42 Å². The van der Waals surface area contributed by atoms with Gasteiger partial charge in [-0.1, -0.05) is 53.7 Å². The predicted octanol–water partition coefficient (Wildman–Crippen LogP) is 5.74. The van der Waals surface area contributed by atoms with Gasteiger partial charge in [0.25, 0.3) is 0 Å². The third-order valence-electron chi connectivity index (χ3n) is 5.41. The molecule has 4 atom stereocenters. The Labute approximate surface area is 130 Å². The van der Waals surface area contributed by atoms with Crippen molar-refractivity contribution >= 4 is 15.9 Å². The number of rotatable bonds is 3. The van der Waals surface area contributed by atoms with E-state index in [-0.39, 0.29) is 5.82 Å². The lowest BCUT2D eigenvalue weighted by Crippen LogP contribution is -2.32. The Balaban J connectivity index is 1.58. The summed E-state index contributed by atoms with van der Waals surface area (Å²) in [6.45, 7) is 0. The van der Waals surface area contributed by atoms with Crippen molar-refractivity contribution in [2.75, 3.05) is 0 Å². The average Bonchev–Trinajstić information content (AvgIpc) is 2.47. The van der Waals surface area contributed by atoms with Gasteiger partial charge in [0.05, 0.1) is 0 Å². The van der Waals surface area contributed by atoms with Gasteiger partial charge >= 0.3 is 0 Å². The van der Waals surface area contributed by atoms with Crippen molar-refractivity contribution in [1.29, 1.82) is 0 Å². The molecule has 0 spiro atoms. The van der Waals surface area contributed by atoms with Crippen molar-refractivity contribution in [3.63, 3.8) is 0 Å². The van der Waals surface area contributed by atoms with E-state index in [4.69, 9.17) is 0 Å². The van der Waals surface area contributed by atoms with Gasteiger partial charge in [-0.05, 0) is 61.1 Å². The lowest BCUT2D eigenvalue weighted by Gasteiger charge is -2.41. The summed E-state index contributed by atoms with van der Waals surface area (Å²) >= 11 is 3.89. The van der Waals surface area contributed by atoms with E-state index in [1.54, 1.807) is 6.07 Å². The van der Waals surface area contributed by atoms with Crippen LogP contribution < -0.4 is 0 Å². The first-order valence-corrected chi connectivity index (χ1v) is 9.02. The van der Waals surface area contributed by atoms with Gasteiger partial charge in [0, 0.05) is 4.83 Å². The molecule has 4 unspecified atom stereocenters. The maximum absolute atomic E-state index is 13.3. The standard InChI is InChI=1S/C18H24BrF/c19-18(11-13-4-3-7-17(20)10-13)16-9-8-14-5-1-2-6-15(14)12-16/h3-4,7,10,14-16,18H,1-2,5-6,8-9,11-12H2. The number of alkyl halides is 1. The van der Waals surface area contributed by atoms with Crippen LogP contribution in [0.25, 0.3) is 0 Å². The number of halogens is 2. The molecule has 1 aromatic rings. The molecule has 0 radical (unpaired) electrons. The molecule has 0 N–H and O–H groups in total. The minimum absolute atomic E-state index is 0.113. The minimum Gasteiger partial charge on any atom is -0.207 e. The summed E-state index contributed by atoms with van der Waals surface area (Å²) in [5.41, 5.74) is 1.12. The summed E-state index contributed by atoms with van der Waals surface area (Å²) in [5, 5.41) is 0. The van der Waals surface area contributed by atoms with Crippen molar-refractivity contribution in [2.45, 2.75) is 56.2 Å². The van der Waals surface area contributed by atoms with Crippen molar-refractivity contribution < 1.29 is 4.39 Å². The fraction of sp³-hybridized carbons (Fsp3) is 0.667. The molecule has 0 aromatic heterocycles. The Morgan fingerprint density at radius 1 is 1.10 bits per heavy atom. The van der Waals surface area contributed by atoms with Crippen LogP contribution in [0, 0.1) is 23.6 Å². The predicted molar refractivity (Wildman–Crippen MR) is 85.6 cm³/mol. The topological polar surface area (TPSA) is 0 Å². The number of benzene rings is 1. The van der Waals surface area contributed by atoms with Crippen LogP contribution in [-0.4, -0.2) is 4.83 Å². The number of fused-ring (bicyclic) bond motifs is 1. The van der Waals surface area contributed by atoms with Crippen LogP contribution in [0.1, 0.15) is 50.5 Å². The highest BCUT2D eigenvalue weighted by atomic mass is 79.9. The van der Waals surface area contributed by atoms with E-state index in [0.717, 1.165) is 29.7 Å². The van der Waals surface area contributed by atoms with E-state index in [0.29, 0.717) is 4.83 Å². The Kier molecular flexibility index (Phi) is 4.80. The van der Waals surface area contributed by atoms with Gasteiger partial charge in [-0.3, -0.25) is 0 Å². The second-order valence-corrected chi connectivity index (χ2v) is 7.90. The molecule has 1 aromatic carbocycles. The molecule has 0 saturated heterocycles. The van der Waals surface area contributed by atoms with Crippen molar-refractivity contribution in [2.24, 2.45) is 17.8 Å². The highest BCUT2D eigenvalue weighted by molar-refractivity contribution is 9.09. The SMILES string of the molecule is Fc1cccc(CC(Br)C2CCC3CCCCC3C2)c1. The average molecular weight is 339 g/mol. The Hall–Kier alpha value is -0.370. The summed E-state index contributed by atoms with van der Waals surface area (Å²) in [5.74, 6) is 2.64. The van der Waals surface area contributed by atoms with Gasteiger partial charge in [-0.15, -0.1) is 0 Å². The first-order chi connectivity index (χ1) is 9.72. The Morgan fingerprint density at radius 3 is 2.70 bits per heavy atom. The maximum atomic E-state index is 13.3. The first kappa shape index (κ1) is 14.6. The fourth-order valence-electron chi connectivity index (χ4n) is 4.29. The third kappa shape index (κ3) is 3.44. The molecule has 0 nitrogen and oxygen atoms in total. The summed E-state index contributed by atoms with van der Waals surface area (Å²) < 4.78 is 13.3. The molecule has 2 saturated carbocycles. The third-order valence-corrected chi connectivity index (χ3v) is 6.48. The van der Waals surface area contributed by atoms with Gasteiger partial charge in [0.15, 0.2) is 0 Å². The summed E-state index contributed by atoms with van der Waals surface area (Å²) in [4.78, 5) is 0.507. The molecule has 2 fully saturated rings. The van der Waals surface area contributed by atoms with Crippen LogP contribution in [0.3, 0.4) is 0 Å². The molecule has 0 heterocycles. The molecule has 2 heteroatoms. The largest absolute Gasteiger partial charge is 0.207 e. The summed E-state index contributed by atoms with van der Waals surface area (Å²) in [6, 6.07) is 7.08. The Bertz CT molecular complexity index is 445. The maximum Gasteiger partial charge on any atom is 0.123 e. The molecular weight excluding hydrogens is 315 g/mol. The molecular formula is C18H24BrF. The van der Waals surface area contributed by atoms with Crippen LogP contribution in [0.2, 0.25) is 0 Å². The zero-order valence-corrected chi connectivity index (χ0v) is 13.6. The monoisotopic (exact) mass is 338 g/mol. The van der Waals surface area contributed by atoms with Gasteiger partial charge < -0.3 is 0 Å². The van der Waals surface area contributed by atoms with E-state index >= 15 is 0 Å². The molecule has 0 amide bonds. The highest BCUT2D eigenvalue weighted by Gasteiger charge is 2.34. The lowest BCUT2D eigenvalue weighted by atomic mass is 9.66. The van der Waals surface area contributed by atoms with Gasteiger partial charge in [0.2, 0.25) is 0 Å². The zero-order valence-electron chi connectivity index (χ0n) is 12.0. The van der Waals surface area contributed by atoms with E-state index in [1.165, 1.54) is 51.0 Å². The highest BCUT2D eigenvalue weighted by Crippen LogP contribution is 2.45. The van der Waals surface area contributed by atoms with Gasteiger partial charge in [0.1, 0.15) is 5.82 Å². The molecule has 2 aliphatic carbocycles. The molecule has 2 aliphatic rings. The van der Waals surface area contributed by atoms with E-state index < -0.39 is 0 Å². The van der Waals surface area contributed by atoms with Crippen LogP contribution in [0.5, 0.6) is 0 Å². The molecule has 20 heavy (non-hydrogen) atoms. The second kappa shape index (κ2) is 6.60. The molecule has 3 rings (SSSR count). The van der Waals surface area contributed by atoms with Gasteiger partial charge in [-0.2, -0.15) is 0 Å². The summed E-state index contributed by atoms with van der Waals surface area (Å²) in [7, 11) is 0. The Morgan fingerprint density at radius 2 is 1.90 bits per heavy atom. The molecule has 110 valence electrons. The van der Waals surface area contributed by atoms with Crippen molar-refractivity contribution in [1.82, 2.24) is 0 Å². The summed E-state index contributed by atoms with van der Waals surface area (Å²) in [6.07, 6.45) is 10.9. The fourth-order valence-corrected chi connectivity index (χ4v) is 5.15. The lowest BCUT2D eigenvalue weighted by molar-refractivity contribution is 0.129. The van der Waals surface area contributed by atoms with Gasteiger partial charge in [-0.25, -0.2) is 4.39 Å². The van der Waals surface area contributed by atoms with E-state index in [1.807, 2.05) is 12.1 Å². The minimum atomic E-state index is -0.113.